The monoisotopic (exact) mass is 244 g/mol. The third-order valence-electron chi connectivity index (χ3n) is 2.59. The number of hydrogen-bond donors (Lipinski definition) is 2. The maximum absolute atomic E-state index is 13.1. The van der Waals surface area contributed by atoms with Gasteiger partial charge in [0, 0.05) is 5.56 Å². The van der Waals surface area contributed by atoms with E-state index >= 15 is 0 Å². The average molecular weight is 244 g/mol. The van der Waals surface area contributed by atoms with E-state index in [0.717, 1.165) is 12.1 Å². The van der Waals surface area contributed by atoms with Gasteiger partial charge in [0.15, 0.2) is 0 Å². The van der Waals surface area contributed by atoms with Gasteiger partial charge in [-0.3, -0.25) is 4.79 Å². The zero-order valence-electron chi connectivity index (χ0n) is 9.49. The highest BCUT2D eigenvalue weighted by Crippen LogP contribution is 2.28. The van der Waals surface area contributed by atoms with Gasteiger partial charge in [-0.25, -0.2) is 4.39 Å². The Morgan fingerprint density at radius 3 is 2.72 bits per heavy atom. The molecule has 90 valence electrons. The molecule has 1 heterocycles. The van der Waals surface area contributed by atoms with Crippen LogP contribution >= 0.6 is 0 Å². The van der Waals surface area contributed by atoms with Gasteiger partial charge in [0.25, 0.3) is 5.56 Å². The van der Waals surface area contributed by atoms with Crippen LogP contribution in [0.15, 0.2) is 29.1 Å². The predicted molar refractivity (Wildman–Crippen MR) is 63.6 cm³/mol. The molecule has 0 aliphatic rings. The maximum atomic E-state index is 13.1. The lowest BCUT2D eigenvalue weighted by molar-refractivity contribution is 0.475. The number of rotatable bonds is 1. The maximum Gasteiger partial charge on any atom is 0.266 e. The lowest BCUT2D eigenvalue weighted by atomic mass is 10.1. The highest BCUT2D eigenvalue weighted by molar-refractivity contribution is 5.67. The third-order valence-corrected chi connectivity index (χ3v) is 2.59. The molecule has 0 atom stereocenters. The van der Waals surface area contributed by atoms with Crippen LogP contribution in [0.5, 0.6) is 5.75 Å². The first-order valence-corrected chi connectivity index (χ1v) is 5.16. The van der Waals surface area contributed by atoms with E-state index in [4.69, 9.17) is 5.26 Å². The standard InChI is InChI=1S/C13H9FN2O2/c1-7-4-11(16-13(18)10(7)6-15)9-5-8(14)2-3-12(9)17/h2-5,17H,1H3,(H,16,18). The first-order valence-electron chi connectivity index (χ1n) is 5.16. The summed E-state index contributed by atoms with van der Waals surface area (Å²) in [6.45, 7) is 1.60. The number of pyridine rings is 1. The largest absolute Gasteiger partial charge is 0.507 e. The van der Waals surface area contributed by atoms with Crippen molar-refractivity contribution in [3.05, 3.63) is 51.6 Å². The zero-order valence-corrected chi connectivity index (χ0v) is 9.49. The van der Waals surface area contributed by atoms with E-state index in [1.807, 2.05) is 0 Å². The number of aromatic nitrogens is 1. The molecule has 2 rings (SSSR count). The Hall–Kier alpha value is -2.61. The molecule has 0 saturated heterocycles. The Morgan fingerprint density at radius 2 is 2.11 bits per heavy atom. The summed E-state index contributed by atoms with van der Waals surface area (Å²) in [5.41, 5.74) is 0.374. The van der Waals surface area contributed by atoms with Crippen molar-refractivity contribution in [1.82, 2.24) is 4.98 Å². The summed E-state index contributed by atoms with van der Waals surface area (Å²) < 4.78 is 13.1. The summed E-state index contributed by atoms with van der Waals surface area (Å²) in [4.78, 5) is 14.1. The van der Waals surface area contributed by atoms with Crippen molar-refractivity contribution in [2.45, 2.75) is 6.92 Å². The van der Waals surface area contributed by atoms with Crippen LogP contribution in [0, 0.1) is 24.1 Å². The Labute approximate surface area is 102 Å². The Morgan fingerprint density at radius 1 is 1.39 bits per heavy atom. The quantitative estimate of drug-likeness (QED) is 0.806. The molecule has 0 unspecified atom stereocenters. The Balaban J connectivity index is 2.70. The summed E-state index contributed by atoms with van der Waals surface area (Å²) in [5.74, 6) is -0.665. The summed E-state index contributed by atoms with van der Waals surface area (Å²) in [5, 5.41) is 18.4. The number of benzene rings is 1. The number of aromatic amines is 1. The van der Waals surface area contributed by atoms with Crippen LogP contribution in [0.1, 0.15) is 11.1 Å². The van der Waals surface area contributed by atoms with E-state index in [1.54, 1.807) is 13.0 Å². The van der Waals surface area contributed by atoms with Crippen LogP contribution in [-0.4, -0.2) is 10.1 Å². The molecule has 0 aliphatic heterocycles. The molecule has 0 radical (unpaired) electrons. The molecule has 0 fully saturated rings. The Bertz CT molecular complexity index is 714. The van der Waals surface area contributed by atoms with E-state index in [-0.39, 0.29) is 22.6 Å². The average Bonchev–Trinajstić information content (AvgIpc) is 2.32. The lowest BCUT2D eigenvalue weighted by Crippen LogP contribution is -2.12. The zero-order chi connectivity index (χ0) is 13.3. The van der Waals surface area contributed by atoms with Gasteiger partial charge in [-0.2, -0.15) is 5.26 Å². The summed E-state index contributed by atoms with van der Waals surface area (Å²) >= 11 is 0. The minimum atomic E-state index is -0.559. The minimum absolute atomic E-state index is 0.00893. The molecule has 0 aliphatic carbocycles. The van der Waals surface area contributed by atoms with Gasteiger partial charge in [0.1, 0.15) is 23.2 Å². The number of phenolic OH excluding ortho intramolecular Hbond substituents is 1. The first kappa shape index (κ1) is 11.9. The molecule has 5 heteroatoms. The van der Waals surface area contributed by atoms with Crippen LogP contribution in [0.2, 0.25) is 0 Å². The van der Waals surface area contributed by atoms with Crippen molar-refractivity contribution in [1.29, 1.82) is 5.26 Å². The second kappa shape index (κ2) is 4.34. The minimum Gasteiger partial charge on any atom is -0.507 e. The molecule has 1 aromatic carbocycles. The normalized spacial score (nSPS) is 10.1. The first-order chi connectivity index (χ1) is 8.52. The van der Waals surface area contributed by atoms with Gasteiger partial charge in [-0.1, -0.05) is 0 Å². The van der Waals surface area contributed by atoms with E-state index in [0.29, 0.717) is 5.56 Å². The summed E-state index contributed by atoms with van der Waals surface area (Å²) in [7, 11) is 0. The van der Waals surface area contributed by atoms with Crippen LogP contribution < -0.4 is 5.56 Å². The van der Waals surface area contributed by atoms with Crippen molar-refractivity contribution >= 4 is 0 Å². The fraction of sp³-hybridized carbons (Fsp3) is 0.0769. The van der Waals surface area contributed by atoms with Gasteiger partial charge < -0.3 is 10.1 Å². The second-order valence-electron chi connectivity index (χ2n) is 3.84. The number of phenols is 1. The number of H-pyrrole nitrogens is 1. The van der Waals surface area contributed by atoms with Gasteiger partial charge in [0.2, 0.25) is 0 Å². The molecule has 1 aromatic heterocycles. The van der Waals surface area contributed by atoms with Crippen LogP contribution in [0.4, 0.5) is 4.39 Å². The molecule has 0 bridgehead atoms. The van der Waals surface area contributed by atoms with Crippen LogP contribution in [0.3, 0.4) is 0 Å². The second-order valence-corrected chi connectivity index (χ2v) is 3.84. The van der Waals surface area contributed by atoms with E-state index in [9.17, 15) is 14.3 Å². The van der Waals surface area contributed by atoms with E-state index in [1.165, 1.54) is 12.1 Å². The number of nitrogens with one attached hydrogen (secondary N) is 1. The SMILES string of the molecule is Cc1cc(-c2cc(F)ccc2O)[nH]c(=O)c1C#N. The number of aryl methyl sites for hydroxylation is 1. The number of aromatic hydroxyl groups is 1. The van der Waals surface area contributed by atoms with Crippen molar-refractivity contribution in [3.63, 3.8) is 0 Å². The van der Waals surface area contributed by atoms with E-state index < -0.39 is 11.4 Å². The number of halogens is 1. The number of hydrogen-bond acceptors (Lipinski definition) is 3. The predicted octanol–water partition coefficient (Wildman–Crippen LogP) is 2.07. The number of nitriles is 1. The molecular formula is C13H9FN2O2. The highest BCUT2D eigenvalue weighted by Gasteiger charge is 2.10. The van der Waals surface area contributed by atoms with Crippen molar-refractivity contribution < 1.29 is 9.50 Å². The summed E-state index contributed by atoms with van der Waals surface area (Å²) in [6.07, 6.45) is 0. The molecule has 18 heavy (non-hydrogen) atoms. The van der Waals surface area contributed by atoms with Gasteiger partial charge >= 0.3 is 0 Å². The fourth-order valence-corrected chi connectivity index (χ4v) is 1.70. The molecule has 0 spiro atoms. The van der Waals surface area contributed by atoms with Gasteiger partial charge in [-0.15, -0.1) is 0 Å². The lowest BCUT2D eigenvalue weighted by Gasteiger charge is -2.06. The fourth-order valence-electron chi connectivity index (χ4n) is 1.70. The molecule has 2 aromatic rings. The summed E-state index contributed by atoms with van der Waals surface area (Å²) in [6, 6.07) is 6.75. The van der Waals surface area contributed by atoms with E-state index in [2.05, 4.69) is 4.98 Å². The molecule has 0 amide bonds. The molecular weight excluding hydrogens is 235 g/mol. The molecule has 2 N–H and O–H groups in total. The topological polar surface area (TPSA) is 76.9 Å². The number of nitrogens with zero attached hydrogens (tertiary/aromatic N) is 1. The molecule has 4 nitrogen and oxygen atoms in total. The molecule has 0 saturated carbocycles. The van der Waals surface area contributed by atoms with Gasteiger partial charge in [-0.05, 0) is 36.8 Å². The van der Waals surface area contributed by atoms with Crippen molar-refractivity contribution in [2.75, 3.05) is 0 Å². The van der Waals surface area contributed by atoms with Crippen LogP contribution in [0.25, 0.3) is 11.3 Å². The highest BCUT2D eigenvalue weighted by atomic mass is 19.1. The van der Waals surface area contributed by atoms with Gasteiger partial charge in [0.05, 0.1) is 5.69 Å². The Kier molecular flexibility index (Phi) is 2.86. The smallest absolute Gasteiger partial charge is 0.266 e. The van der Waals surface area contributed by atoms with Crippen molar-refractivity contribution in [3.8, 4) is 23.1 Å². The third kappa shape index (κ3) is 1.96. The van der Waals surface area contributed by atoms with Crippen LogP contribution in [-0.2, 0) is 0 Å². The van der Waals surface area contributed by atoms with Crippen molar-refractivity contribution in [2.24, 2.45) is 0 Å².